The summed E-state index contributed by atoms with van der Waals surface area (Å²) in [5, 5.41) is 5.12. The molecule has 180 valence electrons. The lowest BCUT2D eigenvalue weighted by Gasteiger charge is -2.33. The predicted octanol–water partition coefficient (Wildman–Crippen LogP) is 4.21. The molecular formula is C27H29ClN6O. The number of benzene rings is 1. The molecule has 1 aromatic carbocycles. The van der Waals surface area contributed by atoms with Gasteiger partial charge in [-0.1, -0.05) is 47.5 Å². The van der Waals surface area contributed by atoms with Gasteiger partial charge in [0.15, 0.2) is 0 Å². The van der Waals surface area contributed by atoms with Crippen LogP contribution in [0.3, 0.4) is 0 Å². The van der Waals surface area contributed by atoms with Gasteiger partial charge in [0.1, 0.15) is 10.8 Å². The number of fused-ring (bicyclic) bond motifs is 1. The summed E-state index contributed by atoms with van der Waals surface area (Å²) in [4.78, 5) is 21.7. The van der Waals surface area contributed by atoms with Crippen molar-refractivity contribution in [3.8, 4) is 0 Å². The lowest BCUT2D eigenvalue weighted by atomic mass is 10.1. The number of rotatable bonds is 6. The van der Waals surface area contributed by atoms with Crippen molar-refractivity contribution in [1.82, 2.24) is 29.0 Å². The minimum Gasteiger partial charge on any atom is -0.337 e. The molecule has 35 heavy (non-hydrogen) atoms. The van der Waals surface area contributed by atoms with E-state index in [0.29, 0.717) is 24.8 Å². The Labute approximate surface area is 210 Å². The van der Waals surface area contributed by atoms with Gasteiger partial charge >= 0.3 is 0 Å². The number of aryl methyl sites for hydroxylation is 2. The van der Waals surface area contributed by atoms with Crippen LogP contribution in [-0.2, 0) is 17.9 Å². The number of aromatic nitrogens is 4. The zero-order valence-electron chi connectivity index (χ0n) is 20.1. The van der Waals surface area contributed by atoms with E-state index >= 15 is 0 Å². The number of piperazine rings is 1. The van der Waals surface area contributed by atoms with E-state index in [1.54, 1.807) is 16.8 Å². The Morgan fingerprint density at radius 3 is 2.54 bits per heavy atom. The van der Waals surface area contributed by atoms with E-state index < -0.39 is 0 Å². The highest BCUT2D eigenvalue weighted by atomic mass is 35.5. The number of halogens is 1. The van der Waals surface area contributed by atoms with Gasteiger partial charge < -0.3 is 9.30 Å². The molecule has 0 N–H and O–H groups in total. The highest BCUT2D eigenvalue weighted by molar-refractivity contribution is 6.31. The van der Waals surface area contributed by atoms with Gasteiger partial charge in [0, 0.05) is 56.8 Å². The van der Waals surface area contributed by atoms with Crippen LogP contribution >= 0.6 is 11.6 Å². The molecule has 1 fully saturated rings. The van der Waals surface area contributed by atoms with Crippen LogP contribution < -0.4 is 0 Å². The van der Waals surface area contributed by atoms with Crippen LogP contribution in [0.4, 0.5) is 0 Å². The number of imidazole rings is 1. The summed E-state index contributed by atoms with van der Waals surface area (Å²) in [5.74, 6) is -0.000804. The van der Waals surface area contributed by atoms with Crippen LogP contribution in [0.5, 0.6) is 0 Å². The fourth-order valence-corrected chi connectivity index (χ4v) is 4.70. The average Bonchev–Trinajstić information content (AvgIpc) is 3.38. The molecule has 1 amide bonds. The first kappa shape index (κ1) is 23.3. The highest BCUT2D eigenvalue weighted by Gasteiger charge is 2.21. The van der Waals surface area contributed by atoms with Gasteiger partial charge in [-0.15, -0.1) is 0 Å². The molecule has 5 rings (SSSR count). The molecule has 8 heteroatoms. The van der Waals surface area contributed by atoms with Crippen LogP contribution in [0, 0.1) is 13.8 Å². The molecular weight excluding hydrogens is 460 g/mol. The third kappa shape index (κ3) is 5.31. The van der Waals surface area contributed by atoms with Crippen molar-refractivity contribution in [2.24, 2.45) is 0 Å². The Hall–Kier alpha value is -3.42. The topological polar surface area (TPSA) is 58.7 Å². The summed E-state index contributed by atoms with van der Waals surface area (Å²) >= 11 is 6.62. The Morgan fingerprint density at radius 1 is 1.03 bits per heavy atom. The summed E-state index contributed by atoms with van der Waals surface area (Å²) in [7, 11) is 0. The SMILES string of the molecule is Cc1ccc(Cn2nc(C)c(/C=C/C(=O)N3CCN(Cc4cn5ccccc5n4)CC3)c2Cl)cc1. The van der Waals surface area contributed by atoms with Crippen molar-refractivity contribution in [1.29, 1.82) is 0 Å². The monoisotopic (exact) mass is 488 g/mol. The van der Waals surface area contributed by atoms with Crippen molar-refractivity contribution in [3.63, 3.8) is 0 Å². The van der Waals surface area contributed by atoms with E-state index in [2.05, 4.69) is 52.4 Å². The number of nitrogens with zero attached hydrogens (tertiary/aromatic N) is 6. The maximum atomic E-state index is 12.8. The molecule has 3 aromatic heterocycles. The van der Waals surface area contributed by atoms with Gasteiger partial charge in [-0.3, -0.25) is 9.69 Å². The summed E-state index contributed by atoms with van der Waals surface area (Å²) in [6.45, 7) is 8.38. The van der Waals surface area contributed by atoms with Crippen LogP contribution in [0.15, 0.2) is 60.9 Å². The first-order chi connectivity index (χ1) is 17.0. The summed E-state index contributed by atoms with van der Waals surface area (Å²) in [5.41, 5.74) is 5.95. The standard InChI is InChI=1S/C27H29ClN6O/c1-20-6-8-22(9-7-20)17-34-27(28)24(21(2)30-34)10-11-26(35)32-15-13-31(14-16-32)18-23-19-33-12-4-3-5-25(33)29-23/h3-12,19H,13-18H2,1-2H3/b11-10+. The number of hydrogen-bond donors (Lipinski definition) is 0. The van der Waals surface area contributed by atoms with E-state index in [1.165, 1.54) is 5.56 Å². The molecule has 1 saturated heterocycles. The minimum atomic E-state index is -0.000804. The first-order valence-electron chi connectivity index (χ1n) is 11.9. The van der Waals surface area contributed by atoms with Crippen molar-refractivity contribution in [2.75, 3.05) is 26.2 Å². The maximum Gasteiger partial charge on any atom is 0.246 e. The summed E-state index contributed by atoms with van der Waals surface area (Å²) in [6.07, 6.45) is 7.49. The normalized spacial score (nSPS) is 14.9. The Morgan fingerprint density at radius 2 is 1.80 bits per heavy atom. The molecule has 0 aliphatic carbocycles. The lowest BCUT2D eigenvalue weighted by Crippen LogP contribution is -2.47. The van der Waals surface area contributed by atoms with Crippen molar-refractivity contribution < 1.29 is 4.79 Å². The number of pyridine rings is 1. The third-order valence-electron chi connectivity index (χ3n) is 6.44. The van der Waals surface area contributed by atoms with Crippen molar-refractivity contribution in [3.05, 3.63) is 94.2 Å². The van der Waals surface area contributed by atoms with Crippen LogP contribution in [-0.4, -0.2) is 61.1 Å². The molecule has 0 atom stereocenters. The van der Waals surface area contributed by atoms with Crippen molar-refractivity contribution in [2.45, 2.75) is 26.9 Å². The van der Waals surface area contributed by atoms with Crippen LogP contribution in [0.1, 0.15) is 28.1 Å². The van der Waals surface area contributed by atoms with Crippen molar-refractivity contribution >= 4 is 29.2 Å². The Kier molecular flexibility index (Phi) is 6.70. The molecule has 0 saturated carbocycles. The number of amides is 1. The van der Waals surface area contributed by atoms with Gasteiger partial charge in [-0.05, 0) is 37.6 Å². The zero-order valence-corrected chi connectivity index (χ0v) is 20.8. The minimum absolute atomic E-state index is 0.000804. The second-order valence-electron chi connectivity index (χ2n) is 9.07. The Balaban J connectivity index is 1.17. The van der Waals surface area contributed by atoms with Gasteiger partial charge in [0.05, 0.1) is 17.9 Å². The van der Waals surface area contributed by atoms with E-state index in [0.717, 1.165) is 47.8 Å². The molecule has 1 aliphatic rings. The summed E-state index contributed by atoms with van der Waals surface area (Å²) in [6, 6.07) is 14.3. The number of carbonyl (C=O) groups is 1. The predicted molar refractivity (Wildman–Crippen MR) is 138 cm³/mol. The highest BCUT2D eigenvalue weighted by Crippen LogP contribution is 2.23. The van der Waals surface area contributed by atoms with E-state index in [4.69, 9.17) is 11.6 Å². The third-order valence-corrected chi connectivity index (χ3v) is 6.84. The molecule has 0 bridgehead atoms. The molecule has 0 spiro atoms. The second-order valence-corrected chi connectivity index (χ2v) is 9.42. The fourth-order valence-electron chi connectivity index (χ4n) is 4.41. The molecule has 7 nitrogen and oxygen atoms in total. The smallest absolute Gasteiger partial charge is 0.246 e. The maximum absolute atomic E-state index is 12.8. The molecule has 4 aromatic rings. The van der Waals surface area contributed by atoms with Gasteiger partial charge in [0.2, 0.25) is 5.91 Å². The van der Waals surface area contributed by atoms with E-state index in [9.17, 15) is 4.79 Å². The fraction of sp³-hybridized carbons (Fsp3) is 0.296. The lowest BCUT2D eigenvalue weighted by molar-refractivity contribution is -0.127. The molecule has 4 heterocycles. The quantitative estimate of drug-likeness (QED) is 0.381. The molecule has 0 unspecified atom stereocenters. The summed E-state index contributed by atoms with van der Waals surface area (Å²) < 4.78 is 3.82. The van der Waals surface area contributed by atoms with Gasteiger partial charge in [0.25, 0.3) is 0 Å². The molecule has 0 radical (unpaired) electrons. The second kappa shape index (κ2) is 10.1. The van der Waals surface area contributed by atoms with E-state index in [-0.39, 0.29) is 5.91 Å². The number of hydrogen-bond acceptors (Lipinski definition) is 4. The van der Waals surface area contributed by atoms with Crippen LogP contribution in [0.2, 0.25) is 5.15 Å². The first-order valence-corrected chi connectivity index (χ1v) is 12.2. The largest absolute Gasteiger partial charge is 0.337 e. The molecule has 1 aliphatic heterocycles. The van der Waals surface area contributed by atoms with Crippen LogP contribution in [0.25, 0.3) is 11.7 Å². The zero-order chi connectivity index (χ0) is 24.4. The average molecular weight is 489 g/mol. The van der Waals surface area contributed by atoms with Gasteiger partial charge in [-0.25, -0.2) is 9.67 Å². The van der Waals surface area contributed by atoms with E-state index in [1.807, 2.05) is 40.6 Å². The number of carbonyl (C=O) groups excluding carboxylic acids is 1. The Bertz CT molecular complexity index is 1330. The van der Waals surface area contributed by atoms with Gasteiger partial charge in [-0.2, -0.15) is 5.10 Å².